The van der Waals surface area contributed by atoms with Gasteiger partial charge < -0.3 is 4.90 Å². The van der Waals surface area contributed by atoms with Crippen LogP contribution in [0, 0.1) is 19.7 Å². The predicted octanol–water partition coefficient (Wildman–Crippen LogP) is 5.81. The number of carbonyl (C=O) groups is 1. The Morgan fingerprint density at radius 2 is 1.77 bits per heavy atom. The molecule has 0 amide bonds. The molecule has 4 nitrogen and oxygen atoms in total. The molecule has 0 unspecified atom stereocenters. The summed E-state index contributed by atoms with van der Waals surface area (Å²) in [4.78, 5) is 15.5. The average molecular weight is 454 g/mol. The van der Waals surface area contributed by atoms with Crippen LogP contribution in [0.5, 0.6) is 0 Å². The van der Waals surface area contributed by atoms with Gasteiger partial charge in [-0.25, -0.2) is 12.8 Å². The summed E-state index contributed by atoms with van der Waals surface area (Å²) in [6.45, 7) is 3.68. The van der Waals surface area contributed by atoms with Crippen molar-refractivity contribution < 1.29 is 17.6 Å². The van der Waals surface area contributed by atoms with E-state index < -0.39 is 21.4 Å². The number of fused-ring (bicyclic) bond motifs is 1. The van der Waals surface area contributed by atoms with E-state index in [1.807, 2.05) is 37.4 Å². The molecule has 0 fully saturated rings. The first-order chi connectivity index (χ1) is 14.7. The lowest BCUT2D eigenvalue weighted by Gasteiger charge is -2.29. The molecule has 7 heteroatoms. The third-order valence-corrected chi connectivity index (χ3v) is 7.71. The Morgan fingerprint density at radius 3 is 2.48 bits per heavy atom. The van der Waals surface area contributed by atoms with Crippen molar-refractivity contribution in [2.45, 2.75) is 23.6 Å². The van der Waals surface area contributed by atoms with Gasteiger partial charge in [-0.1, -0.05) is 29.8 Å². The van der Waals surface area contributed by atoms with E-state index in [-0.39, 0.29) is 15.5 Å². The molecule has 0 N–H and O–H groups in total. The van der Waals surface area contributed by atoms with Crippen LogP contribution in [0.4, 0.5) is 15.8 Å². The van der Waals surface area contributed by atoms with E-state index in [0.29, 0.717) is 16.8 Å². The maximum Gasteiger partial charge on any atom is 0.214 e. The summed E-state index contributed by atoms with van der Waals surface area (Å²) >= 11 is 1.53. The molecule has 1 aliphatic rings. The van der Waals surface area contributed by atoms with Crippen molar-refractivity contribution in [3.63, 3.8) is 0 Å². The number of sulfone groups is 1. The normalized spacial score (nSPS) is 14.7. The number of ketones is 1. The molecular formula is C24H20FNO3S2. The van der Waals surface area contributed by atoms with Crippen molar-refractivity contribution in [1.82, 2.24) is 0 Å². The Bertz CT molecular complexity index is 1350. The summed E-state index contributed by atoms with van der Waals surface area (Å²) in [5.74, 6) is -1.14. The number of Topliss-reactive ketones (excluding diaryl/α,β-unsaturated/α-hetero) is 1. The van der Waals surface area contributed by atoms with Crippen molar-refractivity contribution in [1.29, 1.82) is 0 Å². The highest BCUT2D eigenvalue weighted by molar-refractivity contribution is 7.98. The minimum Gasteiger partial charge on any atom is -0.314 e. The molecule has 0 saturated carbocycles. The first kappa shape index (κ1) is 21.3. The molecule has 1 heterocycles. The number of halogens is 1. The van der Waals surface area contributed by atoms with E-state index in [2.05, 4.69) is 0 Å². The Morgan fingerprint density at radius 1 is 1.00 bits per heavy atom. The van der Waals surface area contributed by atoms with E-state index in [9.17, 15) is 17.6 Å². The molecule has 31 heavy (non-hydrogen) atoms. The molecule has 3 aromatic carbocycles. The molecular weight excluding hydrogens is 433 g/mol. The number of hydrogen-bond donors (Lipinski definition) is 0. The summed E-state index contributed by atoms with van der Waals surface area (Å²) in [6.07, 6.45) is 3.23. The highest BCUT2D eigenvalue weighted by atomic mass is 32.2. The highest BCUT2D eigenvalue weighted by Gasteiger charge is 2.36. The van der Waals surface area contributed by atoms with Crippen molar-refractivity contribution in [3.05, 3.63) is 94.3 Å². The molecule has 0 radical (unpaired) electrons. The van der Waals surface area contributed by atoms with Gasteiger partial charge in [0, 0.05) is 22.3 Å². The van der Waals surface area contributed by atoms with Crippen LogP contribution in [-0.4, -0.2) is 20.5 Å². The minimum atomic E-state index is -4.13. The highest BCUT2D eigenvalue weighted by Crippen LogP contribution is 2.41. The number of benzene rings is 3. The number of anilines is 2. The van der Waals surface area contributed by atoms with Gasteiger partial charge >= 0.3 is 0 Å². The largest absolute Gasteiger partial charge is 0.314 e. The Hall–Kier alpha value is -2.90. The molecule has 0 saturated heterocycles. The van der Waals surface area contributed by atoms with Gasteiger partial charge in [-0.15, -0.1) is 11.8 Å². The van der Waals surface area contributed by atoms with Crippen LogP contribution in [0.3, 0.4) is 0 Å². The zero-order valence-electron chi connectivity index (χ0n) is 17.2. The molecule has 0 bridgehead atoms. The smallest absolute Gasteiger partial charge is 0.214 e. The Labute approximate surface area is 185 Å². The maximum atomic E-state index is 14.1. The standard InChI is InChI=1S/C24H20FNO3S2/c1-15-7-9-20(16(2)11-15)24(27)23-14-26(18-5-4-6-19(13-18)30-3)21-12-17(25)8-10-22(21)31(23,28)29/h4-14H,1-3H3. The summed E-state index contributed by atoms with van der Waals surface area (Å²) < 4.78 is 40.8. The van der Waals surface area contributed by atoms with E-state index in [1.165, 1.54) is 30.1 Å². The lowest BCUT2D eigenvalue weighted by molar-refractivity contribution is 0.104. The quantitative estimate of drug-likeness (QED) is 0.283. The van der Waals surface area contributed by atoms with E-state index >= 15 is 0 Å². The number of nitrogens with zero attached hydrogens (tertiary/aromatic N) is 1. The summed E-state index contributed by atoms with van der Waals surface area (Å²) in [7, 11) is -4.13. The first-order valence-corrected chi connectivity index (χ1v) is 12.2. The molecule has 3 aromatic rings. The number of carbonyl (C=O) groups excluding carboxylic acids is 1. The SMILES string of the molecule is CSc1cccc(N2C=C(C(=O)c3ccc(C)cc3C)S(=O)(=O)c3ccc(F)cc32)c1. The van der Waals surface area contributed by atoms with Crippen LogP contribution < -0.4 is 4.90 Å². The second-order valence-electron chi connectivity index (χ2n) is 7.33. The number of hydrogen-bond acceptors (Lipinski definition) is 5. The second kappa shape index (κ2) is 7.98. The molecule has 4 rings (SSSR count). The lowest BCUT2D eigenvalue weighted by Crippen LogP contribution is -2.26. The number of allylic oxidation sites excluding steroid dienone is 1. The van der Waals surface area contributed by atoms with E-state index in [0.717, 1.165) is 16.5 Å². The van der Waals surface area contributed by atoms with Crippen molar-refractivity contribution in [2.24, 2.45) is 0 Å². The minimum absolute atomic E-state index is 0.0981. The summed E-state index contributed by atoms with van der Waals surface area (Å²) in [6, 6.07) is 16.2. The fourth-order valence-corrected chi connectivity index (χ4v) is 5.60. The summed E-state index contributed by atoms with van der Waals surface area (Å²) in [5.41, 5.74) is 2.81. The molecule has 0 aliphatic carbocycles. The Kier molecular flexibility index (Phi) is 5.49. The monoisotopic (exact) mass is 453 g/mol. The zero-order valence-corrected chi connectivity index (χ0v) is 18.9. The molecule has 1 aliphatic heterocycles. The van der Waals surface area contributed by atoms with Gasteiger partial charge in [0.05, 0.1) is 10.6 Å². The van der Waals surface area contributed by atoms with Crippen LogP contribution >= 0.6 is 11.8 Å². The third kappa shape index (κ3) is 3.79. The van der Waals surface area contributed by atoms with Gasteiger partial charge in [0.2, 0.25) is 15.6 Å². The maximum absolute atomic E-state index is 14.1. The predicted molar refractivity (Wildman–Crippen MR) is 122 cm³/mol. The lowest BCUT2D eigenvalue weighted by atomic mass is 10.0. The number of aryl methyl sites for hydroxylation is 2. The van der Waals surface area contributed by atoms with Crippen LogP contribution in [0.15, 0.2) is 81.6 Å². The van der Waals surface area contributed by atoms with Gasteiger partial charge in [0.15, 0.2) is 0 Å². The topological polar surface area (TPSA) is 54.5 Å². The number of thioether (sulfide) groups is 1. The van der Waals surface area contributed by atoms with Crippen molar-refractivity contribution >= 4 is 38.8 Å². The molecule has 0 atom stereocenters. The average Bonchev–Trinajstić information content (AvgIpc) is 2.73. The molecule has 158 valence electrons. The second-order valence-corrected chi connectivity index (χ2v) is 10.1. The number of rotatable bonds is 4. The van der Waals surface area contributed by atoms with Gasteiger partial charge in [0.1, 0.15) is 10.7 Å². The van der Waals surface area contributed by atoms with Crippen LogP contribution in [-0.2, 0) is 9.84 Å². The van der Waals surface area contributed by atoms with Gasteiger partial charge in [-0.05, 0) is 62.1 Å². The Balaban J connectivity index is 1.95. The summed E-state index contributed by atoms with van der Waals surface area (Å²) in [5, 5.41) is 0. The van der Waals surface area contributed by atoms with Crippen molar-refractivity contribution in [2.75, 3.05) is 11.2 Å². The van der Waals surface area contributed by atoms with Crippen LogP contribution in [0.25, 0.3) is 0 Å². The van der Waals surface area contributed by atoms with E-state index in [1.54, 1.807) is 30.0 Å². The fourth-order valence-electron chi connectivity index (χ4n) is 3.64. The van der Waals surface area contributed by atoms with Crippen LogP contribution in [0.1, 0.15) is 21.5 Å². The zero-order chi connectivity index (χ0) is 22.3. The molecule has 0 spiro atoms. The van der Waals surface area contributed by atoms with Gasteiger partial charge in [-0.2, -0.15) is 0 Å². The van der Waals surface area contributed by atoms with E-state index in [4.69, 9.17) is 0 Å². The fraction of sp³-hybridized carbons (Fsp3) is 0.125. The van der Waals surface area contributed by atoms with Gasteiger partial charge in [0.25, 0.3) is 0 Å². The molecule has 0 aromatic heterocycles. The van der Waals surface area contributed by atoms with Crippen LogP contribution in [0.2, 0.25) is 0 Å². The third-order valence-electron chi connectivity index (χ3n) is 5.19. The van der Waals surface area contributed by atoms with Crippen molar-refractivity contribution in [3.8, 4) is 0 Å². The van der Waals surface area contributed by atoms with Gasteiger partial charge in [-0.3, -0.25) is 4.79 Å². The first-order valence-electron chi connectivity index (χ1n) is 9.54.